The predicted octanol–water partition coefficient (Wildman–Crippen LogP) is 3.83. The van der Waals surface area contributed by atoms with E-state index in [-0.39, 0.29) is 18.1 Å². The molecular formula is C23H19N3O3. The number of benzene rings is 2. The van der Waals surface area contributed by atoms with E-state index in [0.717, 1.165) is 5.56 Å². The minimum atomic E-state index is -0.189. The van der Waals surface area contributed by atoms with Crippen LogP contribution in [0.2, 0.25) is 0 Å². The van der Waals surface area contributed by atoms with Gasteiger partial charge in [0.15, 0.2) is 0 Å². The van der Waals surface area contributed by atoms with Gasteiger partial charge in [0, 0.05) is 29.6 Å². The lowest BCUT2D eigenvalue weighted by molar-refractivity contribution is 0.102. The summed E-state index contributed by atoms with van der Waals surface area (Å²) >= 11 is 0. The molecule has 6 nitrogen and oxygen atoms in total. The van der Waals surface area contributed by atoms with E-state index in [2.05, 4.69) is 10.3 Å². The van der Waals surface area contributed by atoms with Crippen molar-refractivity contribution in [1.82, 2.24) is 9.38 Å². The van der Waals surface area contributed by atoms with E-state index in [4.69, 9.17) is 4.74 Å². The summed E-state index contributed by atoms with van der Waals surface area (Å²) in [5.41, 5.74) is 3.25. The zero-order chi connectivity index (χ0) is 20.2. The second-order valence-corrected chi connectivity index (χ2v) is 6.65. The van der Waals surface area contributed by atoms with Crippen LogP contribution < -0.4 is 15.6 Å². The van der Waals surface area contributed by atoms with Crippen molar-refractivity contribution >= 4 is 17.2 Å². The number of anilines is 1. The maximum Gasteiger partial charge on any atom is 0.258 e. The number of rotatable bonds is 5. The molecular weight excluding hydrogens is 366 g/mol. The molecule has 6 heteroatoms. The lowest BCUT2D eigenvalue weighted by atomic mass is 10.1. The zero-order valence-electron chi connectivity index (χ0n) is 15.8. The number of ether oxygens (including phenoxy) is 1. The van der Waals surface area contributed by atoms with Crippen molar-refractivity contribution in [3.63, 3.8) is 0 Å². The number of pyridine rings is 1. The molecule has 4 aromatic rings. The Bertz CT molecular complexity index is 1230. The molecule has 0 atom stereocenters. The van der Waals surface area contributed by atoms with Crippen LogP contribution in [0.5, 0.6) is 5.75 Å². The SMILES string of the molecule is Cc1ccc(C(=O)Nc2cccc(OCc3cc(=O)n4ccccc4n3)c2)cc1. The van der Waals surface area contributed by atoms with Crippen LogP contribution in [0.4, 0.5) is 5.69 Å². The van der Waals surface area contributed by atoms with Gasteiger partial charge in [0.1, 0.15) is 18.0 Å². The first-order valence-corrected chi connectivity index (χ1v) is 9.17. The molecule has 144 valence electrons. The third kappa shape index (κ3) is 4.32. The molecule has 2 aromatic carbocycles. The van der Waals surface area contributed by atoms with Crippen LogP contribution in [-0.2, 0) is 6.61 Å². The standard InChI is InChI=1S/C23H19N3O3/c1-16-8-10-17(11-9-16)23(28)25-18-5-4-6-20(13-18)29-15-19-14-22(27)26-12-3-2-7-21(26)24-19/h2-14H,15H2,1H3,(H,25,28). The second kappa shape index (κ2) is 7.98. The summed E-state index contributed by atoms with van der Waals surface area (Å²) in [5.74, 6) is 0.383. The normalized spacial score (nSPS) is 10.7. The van der Waals surface area contributed by atoms with Gasteiger partial charge in [0.2, 0.25) is 0 Å². The van der Waals surface area contributed by atoms with E-state index in [9.17, 15) is 9.59 Å². The highest BCUT2D eigenvalue weighted by molar-refractivity contribution is 6.04. The average Bonchev–Trinajstić information content (AvgIpc) is 2.73. The van der Waals surface area contributed by atoms with Gasteiger partial charge in [-0.3, -0.25) is 14.0 Å². The number of nitrogens with zero attached hydrogens (tertiary/aromatic N) is 2. The second-order valence-electron chi connectivity index (χ2n) is 6.65. The number of carbonyl (C=O) groups excluding carboxylic acids is 1. The molecule has 2 aromatic heterocycles. The number of fused-ring (bicyclic) bond motifs is 1. The Morgan fingerprint density at radius 3 is 2.69 bits per heavy atom. The van der Waals surface area contributed by atoms with Crippen LogP contribution in [-0.4, -0.2) is 15.3 Å². The predicted molar refractivity (Wildman–Crippen MR) is 111 cm³/mol. The zero-order valence-corrected chi connectivity index (χ0v) is 15.8. The van der Waals surface area contributed by atoms with Gasteiger partial charge >= 0.3 is 0 Å². The molecule has 1 N–H and O–H groups in total. The molecule has 0 radical (unpaired) electrons. The summed E-state index contributed by atoms with van der Waals surface area (Å²) in [6, 6.07) is 21.3. The fraction of sp³-hybridized carbons (Fsp3) is 0.0870. The summed E-state index contributed by atoms with van der Waals surface area (Å²) in [7, 11) is 0. The summed E-state index contributed by atoms with van der Waals surface area (Å²) < 4.78 is 7.25. The number of aromatic nitrogens is 2. The molecule has 1 amide bonds. The molecule has 2 heterocycles. The lowest BCUT2D eigenvalue weighted by Gasteiger charge is -2.10. The molecule has 29 heavy (non-hydrogen) atoms. The molecule has 0 saturated carbocycles. The fourth-order valence-electron chi connectivity index (χ4n) is 2.91. The third-order valence-electron chi connectivity index (χ3n) is 4.42. The molecule has 0 aliphatic heterocycles. The Labute approximate surface area is 167 Å². The van der Waals surface area contributed by atoms with Crippen molar-refractivity contribution in [3.8, 4) is 5.75 Å². The molecule has 0 aliphatic carbocycles. The average molecular weight is 385 g/mol. The summed E-state index contributed by atoms with van der Waals surface area (Å²) in [5, 5.41) is 2.86. The van der Waals surface area contributed by atoms with Gasteiger partial charge in [0.05, 0.1) is 5.69 Å². The molecule has 0 saturated heterocycles. The maximum atomic E-state index is 12.4. The molecule has 0 fully saturated rings. The first-order chi connectivity index (χ1) is 14.1. The van der Waals surface area contributed by atoms with Crippen LogP contribution in [0.3, 0.4) is 0 Å². The number of amides is 1. The Kier molecular flexibility index (Phi) is 5.07. The highest BCUT2D eigenvalue weighted by Gasteiger charge is 2.07. The molecule has 0 bridgehead atoms. The molecule has 4 rings (SSSR count). The van der Waals surface area contributed by atoms with E-state index >= 15 is 0 Å². The first-order valence-electron chi connectivity index (χ1n) is 9.17. The van der Waals surface area contributed by atoms with E-state index in [0.29, 0.717) is 28.3 Å². The minimum Gasteiger partial charge on any atom is -0.487 e. The fourth-order valence-corrected chi connectivity index (χ4v) is 2.91. The van der Waals surface area contributed by atoms with Crippen LogP contribution in [0, 0.1) is 6.92 Å². The number of hydrogen-bond donors (Lipinski definition) is 1. The number of hydrogen-bond acceptors (Lipinski definition) is 4. The summed E-state index contributed by atoms with van der Waals surface area (Å²) in [6.45, 7) is 2.12. The quantitative estimate of drug-likeness (QED) is 0.567. The van der Waals surface area contributed by atoms with Crippen molar-refractivity contribution in [1.29, 1.82) is 0 Å². The number of aryl methyl sites for hydroxylation is 1. The van der Waals surface area contributed by atoms with Crippen LogP contribution in [0.25, 0.3) is 5.65 Å². The summed E-state index contributed by atoms with van der Waals surface area (Å²) in [4.78, 5) is 29.0. The van der Waals surface area contributed by atoms with Crippen molar-refractivity contribution in [2.45, 2.75) is 13.5 Å². The Morgan fingerprint density at radius 2 is 1.86 bits per heavy atom. The summed E-state index contributed by atoms with van der Waals surface area (Å²) in [6.07, 6.45) is 1.68. The van der Waals surface area contributed by atoms with E-state index in [1.807, 2.05) is 25.1 Å². The molecule has 0 unspecified atom stereocenters. The molecule has 0 aliphatic rings. The maximum absolute atomic E-state index is 12.4. The van der Waals surface area contributed by atoms with Crippen LogP contribution in [0.15, 0.2) is 83.8 Å². The largest absolute Gasteiger partial charge is 0.487 e. The van der Waals surface area contributed by atoms with Gasteiger partial charge in [-0.05, 0) is 43.3 Å². The first kappa shape index (κ1) is 18.4. The van der Waals surface area contributed by atoms with Gasteiger partial charge in [-0.15, -0.1) is 0 Å². The van der Waals surface area contributed by atoms with Crippen molar-refractivity contribution in [2.24, 2.45) is 0 Å². The number of carbonyl (C=O) groups is 1. The van der Waals surface area contributed by atoms with E-state index in [1.54, 1.807) is 54.7 Å². The monoisotopic (exact) mass is 385 g/mol. The minimum absolute atomic E-state index is 0.149. The highest BCUT2D eigenvalue weighted by atomic mass is 16.5. The van der Waals surface area contributed by atoms with Crippen molar-refractivity contribution < 1.29 is 9.53 Å². The van der Waals surface area contributed by atoms with Crippen molar-refractivity contribution in [2.75, 3.05) is 5.32 Å². The van der Waals surface area contributed by atoms with Gasteiger partial charge < -0.3 is 10.1 Å². The highest BCUT2D eigenvalue weighted by Crippen LogP contribution is 2.19. The number of nitrogens with one attached hydrogen (secondary N) is 1. The van der Waals surface area contributed by atoms with E-state index < -0.39 is 0 Å². The molecule has 0 spiro atoms. The van der Waals surface area contributed by atoms with Crippen LogP contribution in [0.1, 0.15) is 21.6 Å². The topological polar surface area (TPSA) is 72.7 Å². The van der Waals surface area contributed by atoms with Crippen LogP contribution >= 0.6 is 0 Å². The lowest BCUT2D eigenvalue weighted by Crippen LogP contribution is -2.16. The van der Waals surface area contributed by atoms with Gasteiger partial charge in [-0.2, -0.15) is 0 Å². The Morgan fingerprint density at radius 1 is 1.03 bits per heavy atom. The van der Waals surface area contributed by atoms with Gasteiger partial charge in [-0.1, -0.05) is 29.8 Å². The van der Waals surface area contributed by atoms with E-state index in [1.165, 1.54) is 10.5 Å². The van der Waals surface area contributed by atoms with Gasteiger partial charge in [-0.25, -0.2) is 4.98 Å². The van der Waals surface area contributed by atoms with Crippen molar-refractivity contribution in [3.05, 3.63) is 106 Å². The Balaban J connectivity index is 1.46. The Hall–Kier alpha value is -3.93. The third-order valence-corrected chi connectivity index (χ3v) is 4.42. The smallest absolute Gasteiger partial charge is 0.258 e. The van der Waals surface area contributed by atoms with Gasteiger partial charge in [0.25, 0.3) is 11.5 Å².